The molecule has 2 heterocycles. The number of halogens is 3. The average Bonchev–Trinajstić information content (AvgIpc) is 3.08. The van der Waals surface area contributed by atoms with Crippen LogP contribution in [0.4, 0.5) is 30.2 Å². The average molecular weight is 517 g/mol. The van der Waals surface area contributed by atoms with Gasteiger partial charge in [0.05, 0.1) is 41.7 Å². The quantitative estimate of drug-likeness (QED) is 0.610. The van der Waals surface area contributed by atoms with Crippen LogP contribution in [0, 0.1) is 11.3 Å². The van der Waals surface area contributed by atoms with Gasteiger partial charge in [0.1, 0.15) is 17.4 Å². The molecule has 2 fully saturated rings. The van der Waals surface area contributed by atoms with Crippen LogP contribution in [0.3, 0.4) is 0 Å². The zero-order valence-electron chi connectivity index (χ0n) is 19.4. The Balaban J connectivity index is 1.57. The van der Waals surface area contributed by atoms with Crippen molar-refractivity contribution >= 4 is 40.3 Å². The zero-order valence-corrected chi connectivity index (χ0v) is 20.2. The van der Waals surface area contributed by atoms with E-state index in [2.05, 4.69) is 4.90 Å². The fourth-order valence-electron chi connectivity index (χ4n) is 5.16. The SMILES string of the molecule is CCN1C[C@@H](CO)Oc2ccc(N3C(=S)N(c4ccc(C#N)c(C(F)(F)F)c4)C(=O)C34CCC4)cc21. The Bertz CT molecular complexity index is 1290. The van der Waals surface area contributed by atoms with E-state index in [1.807, 2.05) is 13.0 Å². The van der Waals surface area contributed by atoms with Crippen LogP contribution in [0.1, 0.15) is 37.3 Å². The van der Waals surface area contributed by atoms with Gasteiger partial charge >= 0.3 is 6.18 Å². The van der Waals surface area contributed by atoms with Crippen molar-refractivity contribution in [3.63, 3.8) is 0 Å². The van der Waals surface area contributed by atoms with Crippen molar-refractivity contribution in [1.82, 2.24) is 0 Å². The highest BCUT2D eigenvalue weighted by molar-refractivity contribution is 7.81. The maximum absolute atomic E-state index is 13.7. The molecule has 1 N–H and O–H groups in total. The van der Waals surface area contributed by atoms with E-state index in [1.165, 1.54) is 6.07 Å². The summed E-state index contributed by atoms with van der Waals surface area (Å²) in [7, 11) is 0. The maximum Gasteiger partial charge on any atom is 0.417 e. The number of nitrogens with zero attached hydrogens (tertiary/aromatic N) is 4. The molecule has 188 valence electrons. The van der Waals surface area contributed by atoms with Crippen LogP contribution in [-0.2, 0) is 11.0 Å². The van der Waals surface area contributed by atoms with Gasteiger partial charge < -0.3 is 19.6 Å². The van der Waals surface area contributed by atoms with Crippen molar-refractivity contribution in [2.24, 2.45) is 0 Å². The first-order valence-corrected chi connectivity index (χ1v) is 12.0. The van der Waals surface area contributed by atoms with Crippen LogP contribution in [0.5, 0.6) is 5.75 Å². The van der Waals surface area contributed by atoms with Gasteiger partial charge in [-0.15, -0.1) is 0 Å². The van der Waals surface area contributed by atoms with Crippen molar-refractivity contribution in [2.45, 2.75) is 44.0 Å². The van der Waals surface area contributed by atoms with Gasteiger partial charge in [-0.25, -0.2) is 0 Å². The third-order valence-corrected chi connectivity index (χ3v) is 7.49. The molecule has 0 radical (unpaired) electrons. The number of alkyl halides is 3. The minimum Gasteiger partial charge on any atom is -0.484 e. The number of hydrogen-bond donors (Lipinski definition) is 1. The van der Waals surface area contributed by atoms with Gasteiger partial charge in [-0.1, -0.05) is 0 Å². The molecule has 1 saturated heterocycles. The van der Waals surface area contributed by atoms with Gasteiger partial charge in [0.25, 0.3) is 5.91 Å². The Labute approximate surface area is 211 Å². The molecule has 1 amide bonds. The molecular formula is C25H23F3N4O3S. The number of rotatable bonds is 4. The lowest BCUT2D eigenvalue weighted by Crippen LogP contribution is -2.55. The molecule has 2 aromatic carbocycles. The fourth-order valence-corrected chi connectivity index (χ4v) is 5.63. The number of ether oxygens (including phenoxy) is 1. The number of benzene rings is 2. The molecule has 1 atom stereocenters. The predicted molar refractivity (Wildman–Crippen MR) is 131 cm³/mol. The molecule has 5 rings (SSSR count). The number of aliphatic hydroxyl groups excluding tert-OH is 1. The number of aliphatic hydroxyl groups is 1. The summed E-state index contributed by atoms with van der Waals surface area (Å²) in [6.45, 7) is 3.03. The summed E-state index contributed by atoms with van der Waals surface area (Å²) in [5.41, 5.74) is -1.19. The number of carbonyl (C=O) groups is 1. The van der Waals surface area contributed by atoms with E-state index in [0.717, 1.165) is 29.1 Å². The number of nitriles is 1. The number of anilines is 3. The molecule has 36 heavy (non-hydrogen) atoms. The smallest absolute Gasteiger partial charge is 0.417 e. The van der Waals surface area contributed by atoms with E-state index in [-0.39, 0.29) is 29.4 Å². The summed E-state index contributed by atoms with van der Waals surface area (Å²) < 4.78 is 46.7. The van der Waals surface area contributed by atoms with E-state index < -0.39 is 22.8 Å². The summed E-state index contributed by atoms with van der Waals surface area (Å²) in [5, 5.41) is 18.8. The monoisotopic (exact) mass is 516 g/mol. The highest BCUT2D eigenvalue weighted by atomic mass is 32.1. The summed E-state index contributed by atoms with van der Waals surface area (Å²) in [6, 6.07) is 10.2. The molecule has 1 spiro atoms. The second kappa shape index (κ2) is 8.64. The Morgan fingerprint density at radius 3 is 2.53 bits per heavy atom. The fraction of sp³-hybridized carbons (Fsp3) is 0.400. The van der Waals surface area contributed by atoms with E-state index in [1.54, 1.807) is 23.1 Å². The number of hydrogen-bond acceptors (Lipinski definition) is 6. The van der Waals surface area contributed by atoms with Gasteiger partial charge in [-0.3, -0.25) is 9.69 Å². The van der Waals surface area contributed by atoms with Crippen molar-refractivity contribution in [3.8, 4) is 11.8 Å². The Hall–Kier alpha value is -3.36. The van der Waals surface area contributed by atoms with E-state index >= 15 is 0 Å². The lowest BCUT2D eigenvalue weighted by Gasteiger charge is -2.43. The van der Waals surface area contributed by atoms with Crippen LogP contribution in [0.2, 0.25) is 0 Å². The Morgan fingerprint density at radius 1 is 1.22 bits per heavy atom. The van der Waals surface area contributed by atoms with Crippen LogP contribution in [0.25, 0.3) is 0 Å². The summed E-state index contributed by atoms with van der Waals surface area (Å²) in [6.07, 6.45) is -3.29. The maximum atomic E-state index is 13.7. The van der Waals surface area contributed by atoms with Gasteiger partial charge in [-0.05, 0) is 74.8 Å². The van der Waals surface area contributed by atoms with Crippen LogP contribution >= 0.6 is 12.2 Å². The van der Waals surface area contributed by atoms with Crippen molar-refractivity contribution < 1.29 is 27.8 Å². The van der Waals surface area contributed by atoms with Crippen LogP contribution in [-0.4, -0.2) is 47.5 Å². The van der Waals surface area contributed by atoms with Gasteiger partial charge in [0.15, 0.2) is 5.11 Å². The van der Waals surface area contributed by atoms with Gasteiger partial charge in [0, 0.05) is 12.2 Å². The number of likely N-dealkylation sites (N-methyl/N-ethyl adjacent to an activating group) is 1. The first kappa shape index (κ1) is 24.3. The third kappa shape index (κ3) is 3.59. The lowest BCUT2D eigenvalue weighted by molar-refractivity contribution is -0.137. The lowest BCUT2D eigenvalue weighted by atomic mass is 9.75. The molecule has 7 nitrogen and oxygen atoms in total. The van der Waals surface area contributed by atoms with Gasteiger partial charge in [0.2, 0.25) is 0 Å². The second-order valence-electron chi connectivity index (χ2n) is 9.10. The molecule has 0 unspecified atom stereocenters. The number of amides is 1. The van der Waals surface area contributed by atoms with Gasteiger partial charge in [-0.2, -0.15) is 18.4 Å². The summed E-state index contributed by atoms with van der Waals surface area (Å²) in [4.78, 5) is 18.7. The van der Waals surface area contributed by atoms with Crippen molar-refractivity contribution in [3.05, 3.63) is 47.5 Å². The Morgan fingerprint density at radius 2 is 1.94 bits per heavy atom. The predicted octanol–water partition coefficient (Wildman–Crippen LogP) is 4.22. The van der Waals surface area contributed by atoms with Crippen LogP contribution in [0.15, 0.2) is 36.4 Å². The molecule has 3 aliphatic rings. The second-order valence-corrected chi connectivity index (χ2v) is 9.46. The van der Waals surface area contributed by atoms with Crippen molar-refractivity contribution in [1.29, 1.82) is 5.26 Å². The first-order valence-electron chi connectivity index (χ1n) is 11.6. The molecule has 1 aliphatic carbocycles. The Kier molecular flexibility index (Phi) is 5.84. The molecule has 1 saturated carbocycles. The first-order chi connectivity index (χ1) is 17.1. The van der Waals surface area contributed by atoms with Crippen molar-refractivity contribution in [2.75, 3.05) is 34.4 Å². The number of thiocarbonyl (C=S) groups is 1. The van der Waals surface area contributed by atoms with E-state index in [4.69, 9.17) is 22.2 Å². The molecule has 2 aromatic rings. The molecular weight excluding hydrogens is 493 g/mol. The molecule has 11 heteroatoms. The van der Waals surface area contributed by atoms with E-state index in [0.29, 0.717) is 37.4 Å². The third-order valence-electron chi connectivity index (χ3n) is 7.12. The zero-order chi connectivity index (χ0) is 25.8. The number of carbonyl (C=O) groups excluding carboxylic acids is 1. The standard InChI is InChI=1S/C25H23F3N4O3S/c1-2-30-13-18(14-33)35-21-7-6-17(11-20(21)30)32-23(36)31(22(34)24(32)8-3-9-24)16-5-4-15(12-29)19(10-16)25(26,27)28/h4-7,10-11,18,33H,2-3,8-9,13-14H2,1H3/t18-/m0/s1. The molecule has 0 aromatic heterocycles. The topological polar surface area (TPSA) is 80.0 Å². The largest absolute Gasteiger partial charge is 0.484 e. The summed E-state index contributed by atoms with van der Waals surface area (Å²) >= 11 is 5.71. The highest BCUT2D eigenvalue weighted by Crippen LogP contribution is 2.49. The van der Waals surface area contributed by atoms with Crippen LogP contribution < -0.4 is 19.4 Å². The molecule has 0 bridgehead atoms. The minimum absolute atomic E-state index is 0.0210. The normalized spacial score (nSPS) is 20.8. The highest BCUT2D eigenvalue weighted by Gasteiger charge is 2.59. The summed E-state index contributed by atoms with van der Waals surface area (Å²) in [5.74, 6) is 0.224. The minimum atomic E-state index is -4.76. The molecule has 2 aliphatic heterocycles. The van der Waals surface area contributed by atoms with E-state index in [9.17, 15) is 23.1 Å². The number of fused-ring (bicyclic) bond motifs is 1.